The smallest absolute Gasteiger partial charge is 0.220 e. The zero-order chi connectivity index (χ0) is 13.7. The average molecular weight is 277 g/mol. The molecule has 0 aliphatic carbocycles. The molecule has 0 saturated carbocycles. The molecule has 0 aliphatic heterocycles. The Morgan fingerprint density at radius 2 is 2.26 bits per heavy atom. The Hall–Kier alpha value is -1.46. The predicted molar refractivity (Wildman–Crippen MR) is 79.0 cm³/mol. The van der Waals surface area contributed by atoms with Crippen molar-refractivity contribution in [1.29, 1.82) is 0 Å². The number of nitrogens with one attached hydrogen (secondary N) is 1. The number of aromatic nitrogens is 1. The molecule has 1 amide bonds. The molecule has 0 fully saturated rings. The summed E-state index contributed by atoms with van der Waals surface area (Å²) in [5.41, 5.74) is 6.64. The van der Waals surface area contributed by atoms with Gasteiger partial charge in [-0.15, -0.1) is 11.3 Å². The van der Waals surface area contributed by atoms with E-state index in [9.17, 15) is 4.79 Å². The van der Waals surface area contributed by atoms with E-state index in [2.05, 4.69) is 10.3 Å². The molecule has 0 spiro atoms. The lowest BCUT2D eigenvalue weighted by atomic mass is 10.1. The Labute approximate surface area is 117 Å². The first-order valence-electron chi connectivity index (χ1n) is 6.52. The van der Waals surface area contributed by atoms with Crippen molar-refractivity contribution in [2.75, 3.05) is 0 Å². The molecule has 19 heavy (non-hydrogen) atoms. The molecule has 0 bridgehead atoms. The van der Waals surface area contributed by atoms with Gasteiger partial charge >= 0.3 is 0 Å². The summed E-state index contributed by atoms with van der Waals surface area (Å²) < 4.78 is 1.16. The van der Waals surface area contributed by atoms with E-state index in [-0.39, 0.29) is 11.9 Å². The average Bonchev–Trinajstić information content (AvgIpc) is 2.78. The van der Waals surface area contributed by atoms with Gasteiger partial charge in [0.25, 0.3) is 0 Å². The van der Waals surface area contributed by atoms with Crippen LogP contribution < -0.4 is 11.1 Å². The number of hydrogen-bond acceptors (Lipinski definition) is 4. The molecule has 1 aromatic carbocycles. The van der Waals surface area contributed by atoms with Crippen LogP contribution in [0.1, 0.15) is 31.2 Å². The number of carbonyl (C=O) groups excluding carboxylic acids is 1. The molecule has 3 N–H and O–H groups in total. The van der Waals surface area contributed by atoms with Crippen molar-refractivity contribution in [3.8, 4) is 0 Å². The molecule has 0 saturated heterocycles. The van der Waals surface area contributed by atoms with E-state index in [4.69, 9.17) is 5.73 Å². The highest BCUT2D eigenvalue weighted by Crippen LogP contribution is 2.21. The van der Waals surface area contributed by atoms with Crippen molar-refractivity contribution < 1.29 is 4.79 Å². The summed E-state index contributed by atoms with van der Waals surface area (Å²) in [4.78, 5) is 16.1. The summed E-state index contributed by atoms with van der Waals surface area (Å²) >= 11 is 1.62. The first-order chi connectivity index (χ1) is 9.15. The Morgan fingerprint density at radius 3 is 3.00 bits per heavy atom. The summed E-state index contributed by atoms with van der Waals surface area (Å²) in [7, 11) is 0. The molecule has 1 aromatic heterocycles. The van der Waals surface area contributed by atoms with Gasteiger partial charge < -0.3 is 11.1 Å². The monoisotopic (exact) mass is 277 g/mol. The van der Waals surface area contributed by atoms with Gasteiger partial charge in [0.2, 0.25) is 5.91 Å². The summed E-state index contributed by atoms with van der Waals surface area (Å²) in [6.07, 6.45) is 2.25. The number of carbonyl (C=O) groups is 1. The summed E-state index contributed by atoms with van der Waals surface area (Å²) in [5.74, 6) is 0.0694. The first-order valence-corrected chi connectivity index (χ1v) is 7.33. The van der Waals surface area contributed by atoms with Gasteiger partial charge in [0.05, 0.1) is 16.8 Å². The van der Waals surface area contributed by atoms with E-state index in [1.54, 1.807) is 11.3 Å². The fourth-order valence-electron chi connectivity index (χ4n) is 1.84. The van der Waals surface area contributed by atoms with Crippen LogP contribution in [0, 0.1) is 0 Å². The van der Waals surface area contributed by atoms with Crippen LogP contribution in [0.2, 0.25) is 0 Å². The third-order valence-electron chi connectivity index (χ3n) is 2.84. The van der Waals surface area contributed by atoms with Gasteiger partial charge in [-0.3, -0.25) is 4.79 Å². The van der Waals surface area contributed by atoms with Crippen molar-refractivity contribution in [3.63, 3.8) is 0 Å². The van der Waals surface area contributed by atoms with Gasteiger partial charge in [-0.05, 0) is 31.9 Å². The predicted octanol–water partition coefficient (Wildman–Crippen LogP) is 2.43. The molecule has 102 valence electrons. The van der Waals surface area contributed by atoms with Crippen molar-refractivity contribution in [2.45, 2.75) is 38.8 Å². The SMILES string of the molecule is CC(N)CCCC(=O)NCc1nc2ccccc2s1. The Bertz CT molecular complexity index is 517. The number of hydrogen-bond donors (Lipinski definition) is 2. The minimum Gasteiger partial charge on any atom is -0.350 e. The van der Waals surface area contributed by atoms with Crippen molar-refractivity contribution in [3.05, 3.63) is 29.3 Å². The third kappa shape index (κ3) is 4.29. The van der Waals surface area contributed by atoms with Crippen LogP contribution in [0.25, 0.3) is 10.2 Å². The van der Waals surface area contributed by atoms with Crippen molar-refractivity contribution in [2.24, 2.45) is 5.73 Å². The Balaban J connectivity index is 1.80. The van der Waals surface area contributed by atoms with Crippen LogP contribution in [0.15, 0.2) is 24.3 Å². The molecule has 1 unspecified atom stereocenters. The van der Waals surface area contributed by atoms with Gasteiger partial charge in [0.15, 0.2) is 0 Å². The maximum absolute atomic E-state index is 11.6. The quantitative estimate of drug-likeness (QED) is 0.852. The summed E-state index contributed by atoms with van der Waals surface area (Å²) in [5, 5.41) is 3.85. The Morgan fingerprint density at radius 1 is 1.47 bits per heavy atom. The van der Waals surface area contributed by atoms with Crippen LogP contribution in [-0.2, 0) is 11.3 Å². The second kappa shape index (κ2) is 6.63. The highest BCUT2D eigenvalue weighted by Gasteiger charge is 2.06. The third-order valence-corrected chi connectivity index (χ3v) is 3.87. The molecule has 1 atom stereocenters. The van der Waals surface area contributed by atoms with Crippen LogP contribution in [0.5, 0.6) is 0 Å². The number of fused-ring (bicyclic) bond motifs is 1. The van der Waals surface area contributed by atoms with Gasteiger partial charge in [-0.1, -0.05) is 12.1 Å². The van der Waals surface area contributed by atoms with Gasteiger partial charge in [-0.25, -0.2) is 4.98 Å². The van der Waals surface area contributed by atoms with E-state index in [0.717, 1.165) is 28.1 Å². The largest absolute Gasteiger partial charge is 0.350 e. The highest BCUT2D eigenvalue weighted by atomic mass is 32.1. The second-order valence-corrected chi connectivity index (χ2v) is 5.84. The van der Waals surface area contributed by atoms with E-state index < -0.39 is 0 Å². The molecule has 1 heterocycles. The number of rotatable bonds is 6. The normalized spacial score (nSPS) is 12.5. The van der Waals surface area contributed by atoms with E-state index in [1.165, 1.54) is 0 Å². The summed E-state index contributed by atoms with van der Waals surface area (Å²) in [6.45, 7) is 2.47. The second-order valence-electron chi connectivity index (χ2n) is 4.72. The topological polar surface area (TPSA) is 68.0 Å². The fraction of sp³-hybridized carbons (Fsp3) is 0.429. The zero-order valence-corrected chi connectivity index (χ0v) is 11.9. The first kappa shape index (κ1) is 14.0. The number of nitrogens with zero attached hydrogens (tertiary/aromatic N) is 1. The van der Waals surface area contributed by atoms with Crippen LogP contribution in [-0.4, -0.2) is 16.9 Å². The molecular weight excluding hydrogens is 258 g/mol. The standard InChI is InChI=1S/C14H19N3OS/c1-10(15)5-4-8-13(18)16-9-14-17-11-6-2-3-7-12(11)19-14/h2-3,6-7,10H,4-5,8-9,15H2,1H3,(H,16,18). The molecule has 5 heteroatoms. The van der Waals surface area contributed by atoms with Gasteiger partial charge in [0, 0.05) is 12.5 Å². The lowest BCUT2D eigenvalue weighted by Crippen LogP contribution is -2.23. The molecule has 0 radical (unpaired) electrons. The lowest BCUT2D eigenvalue weighted by Gasteiger charge is -2.05. The maximum Gasteiger partial charge on any atom is 0.220 e. The van der Waals surface area contributed by atoms with E-state index in [0.29, 0.717) is 13.0 Å². The minimum atomic E-state index is 0.0694. The summed E-state index contributed by atoms with van der Waals surface area (Å²) in [6, 6.07) is 8.16. The number of amides is 1. The molecule has 0 aliphatic rings. The van der Waals surface area contributed by atoms with Crippen molar-refractivity contribution in [1.82, 2.24) is 10.3 Å². The number of nitrogens with two attached hydrogens (primary N) is 1. The van der Waals surface area contributed by atoms with Gasteiger partial charge in [0.1, 0.15) is 5.01 Å². The number of para-hydroxylation sites is 1. The van der Waals surface area contributed by atoms with E-state index >= 15 is 0 Å². The minimum absolute atomic E-state index is 0.0694. The highest BCUT2D eigenvalue weighted by molar-refractivity contribution is 7.18. The van der Waals surface area contributed by atoms with E-state index in [1.807, 2.05) is 31.2 Å². The molecule has 2 rings (SSSR count). The fourth-order valence-corrected chi connectivity index (χ4v) is 2.75. The lowest BCUT2D eigenvalue weighted by molar-refractivity contribution is -0.121. The zero-order valence-electron chi connectivity index (χ0n) is 11.1. The van der Waals surface area contributed by atoms with Crippen LogP contribution in [0.3, 0.4) is 0 Å². The van der Waals surface area contributed by atoms with Crippen LogP contribution in [0.4, 0.5) is 0 Å². The number of benzene rings is 1. The Kier molecular flexibility index (Phi) is 4.87. The van der Waals surface area contributed by atoms with Crippen molar-refractivity contribution >= 4 is 27.5 Å². The van der Waals surface area contributed by atoms with Crippen LogP contribution >= 0.6 is 11.3 Å². The molecular formula is C14H19N3OS. The van der Waals surface area contributed by atoms with Gasteiger partial charge in [-0.2, -0.15) is 0 Å². The molecule has 2 aromatic rings. The maximum atomic E-state index is 11.6. The molecule has 4 nitrogen and oxygen atoms in total. The number of thiazole rings is 1.